The summed E-state index contributed by atoms with van der Waals surface area (Å²) < 4.78 is 1.92. The number of thioether (sulfide) groups is 1. The van der Waals surface area contributed by atoms with Gasteiger partial charge in [-0.2, -0.15) is 16.9 Å². The first kappa shape index (κ1) is 9.61. The Labute approximate surface area is 77.3 Å². The molecule has 0 aromatic carbocycles. The van der Waals surface area contributed by atoms with Crippen molar-refractivity contribution in [2.75, 3.05) is 18.1 Å². The predicted octanol–water partition coefficient (Wildman–Crippen LogP) is 0.655. The maximum Gasteiger partial charge on any atom is 0.0492 e. The van der Waals surface area contributed by atoms with Crippen LogP contribution in [0.15, 0.2) is 12.3 Å². The third-order valence-electron chi connectivity index (χ3n) is 1.69. The van der Waals surface area contributed by atoms with Crippen molar-refractivity contribution in [1.29, 1.82) is 0 Å². The van der Waals surface area contributed by atoms with E-state index in [9.17, 15) is 0 Å². The lowest BCUT2D eigenvalue weighted by molar-refractivity contribution is 0.720. The van der Waals surface area contributed by atoms with E-state index in [1.165, 1.54) is 5.69 Å². The average Bonchev–Trinajstić information content (AvgIpc) is 2.46. The van der Waals surface area contributed by atoms with Gasteiger partial charge < -0.3 is 5.73 Å². The fourth-order valence-electron chi connectivity index (χ4n) is 1.01. The maximum absolute atomic E-state index is 5.38. The molecule has 0 spiro atoms. The second-order valence-electron chi connectivity index (χ2n) is 2.60. The average molecular weight is 185 g/mol. The van der Waals surface area contributed by atoms with Crippen LogP contribution in [0.3, 0.4) is 0 Å². The zero-order valence-electron chi connectivity index (χ0n) is 7.36. The molecular formula is C8H15N3S. The minimum absolute atomic E-state index is 0.774. The molecule has 0 atom stereocenters. The summed E-state index contributed by atoms with van der Waals surface area (Å²) >= 11 is 1.89. The molecule has 0 bridgehead atoms. The molecule has 0 saturated carbocycles. The van der Waals surface area contributed by atoms with Crippen LogP contribution in [-0.2, 0) is 13.5 Å². The van der Waals surface area contributed by atoms with Crippen LogP contribution in [0.5, 0.6) is 0 Å². The van der Waals surface area contributed by atoms with E-state index in [-0.39, 0.29) is 0 Å². The summed E-state index contributed by atoms with van der Waals surface area (Å²) in [7, 11) is 1.98. The number of hydrogen-bond donors (Lipinski definition) is 1. The molecule has 0 fully saturated rings. The maximum atomic E-state index is 5.38. The van der Waals surface area contributed by atoms with Crippen LogP contribution >= 0.6 is 11.8 Å². The van der Waals surface area contributed by atoms with Gasteiger partial charge in [-0.3, -0.25) is 4.68 Å². The minimum atomic E-state index is 0.774. The molecule has 0 aliphatic heterocycles. The van der Waals surface area contributed by atoms with Crippen molar-refractivity contribution in [3.05, 3.63) is 18.0 Å². The second kappa shape index (κ2) is 5.22. The van der Waals surface area contributed by atoms with Gasteiger partial charge in [0, 0.05) is 31.2 Å². The first-order valence-electron chi connectivity index (χ1n) is 4.09. The molecule has 1 aromatic heterocycles. The molecule has 12 heavy (non-hydrogen) atoms. The van der Waals surface area contributed by atoms with E-state index in [4.69, 9.17) is 5.73 Å². The summed E-state index contributed by atoms with van der Waals surface area (Å²) in [5.74, 6) is 2.19. The standard InChI is InChI=1S/C8H15N3S/c1-11-8(2-5-10-11)3-6-12-7-4-9/h2,5H,3-4,6-7,9H2,1H3. The van der Waals surface area contributed by atoms with Gasteiger partial charge in [-0.05, 0) is 18.2 Å². The van der Waals surface area contributed by atoms with Gasteiger partial charge in [0.1, 0.15) is 0 Å². The van der Waals surface area contributed by atoms with E-state index >= 15 is 0 Å². The molecule has 0 amide bonds. The van der Waals surface area contributed by atoms with E-state index in [2.05, 4.69) is 11.2 Å². The molecule has 0 radical (unpaired) electrons. The zero-order chi connectivity index (χ0) is 8.81. The van der Waals surface area contributed by atoms with E-state index in [1.54, 1.807) is 0 Å². The normalized spacial score (nSPS) is 10.5. The molecule has 1 aromatic rings. The number of aryl methyl sites for hydroxylation is 2. The highest BCUT2D eigenvalue weighted by atomic mass is 32.2. The Balaban J connectivity index is 2.20. The van der Waals surface area contributed by atoms with Gasteiger partial charge in [0.05, 0.1) is 0 Å². The SMILES string of the molecule is Cn1nccc1CCSCCN. The summed E-state index contributed by atoms with van der Waals surface area (Å²) in [6, 6.07) is 2.06. The summed E-state index contributed by atoms with van der Waals surface area (Å²) in [5, 5.41) is 4.10. The van der Waals surface area contributed by atoms with Crippen LogP contribution in [0.2, 0.25) is 0 Å². The van der Waals surface area contributed by atoms with Gasteiger partial charge in [-0.1, -0.05) is 0 Å². The van der Waals surface area contributed by atoms with Crippen LogP contribution in [0, 0.1) is 0 Å². The fourth-order valence-corrected chi connectivity index (χ4v) is 1.73. The molecule has 0 aliphatic carbocycles. The largest absolute Gasteiger partial charge is 0.330 e. The zero-order valence-corrected chi connectivity index (χ0v) is 8.18. The first-order chi connectivity index (χ1) is 5.84. The molecule has 0 unspecified atom stereocenters. The van der Waals surface area contributed by atoms with Crippen LogP contribution in [0.25, 0.3) is 0 Å². The molecule has 0 saturated heterocycles. The number of aromatic nitrogens is 2. The van der Waals surface area contributed by atoms with Crippen molar-refractivity contribution in [2.24, 2.45) is 12.8 Å². The molecule has 2 N–H and O–H groups in total. The van der Waals surface area contributed by atoms with Gasteiger partial charge in [0.25, 0.3) is 0 Å². The van der Waals surface area contributed by atoms with Crippen molar-refractivity contribution in [1.82, 2.24) is 9.78 Å². The molecular weight excluding hydrogens is 170 g/mol. The minimum Gasteiger partial charge on any atom is -0.330 e. The molecule has 3 nitrogen and oxygen atoms in total. The quantitative estimate of drug-likeness (QED) is 0.685. The van der Waals surface area contributed by atoms with Gasteiger partial charge in [0.15, 0.2) is 0 Å². The lowest BCUT2D eigenvalue weighted by atomic mass is 10.3. The van der Waals surface area contributed by atoms with Gasteiger partial charge in [-0.15, -0.1) is 0 Å². The van der Waals surface area contributed by atoms with Crippen LogP contribution < -0.4 is 5.73 Å². The van der Waals surface area contributed by atoms with Crippen LogP contribution in [0.1, 0.15) is 5.69 Å². The summed E-state index contributed by atoms with van der Waals surface area (Å²) in [4.78, 5) is 0. The predicted molar refractivity (Wildman–Crippen MR) is 53.3 cm³/mol. The smallest absolute Gasteiger partial charge is 0.0492 e. The Hall–Kier alpha value is -0.480. The molecule has 1 rings (SSSR count). The molecule has 1 heterocycles. The topological polar surface area (TPSA) is 43.8 Å². The van der Waals surface area contributed by atoms with E-state index in [0.717, 1.165) is 24.5 Å². The molecule has 0 aliphatic rings. The van der Waals surface area contributed by atoms with E-state index in [0.29, 0.717) is 0 Å². The number of nitrogens with two attached hydrogens (primary N) is 1. The fraction of sp³-hybridized carbons (Fsp3) is 0.625. The van der Waals surface area contributed by atoms with Crippen molar-refractivity contribution in [3.63, 3.8) is 0 Å². The van der Waals surface area contributed by atoms with Gasteiger partial charge in [0.2, 0.25) is 0 Å². The third-order valence-corrected chi connectivity index (χ3v) is 2.70. The Morgan fingerprint density at radius 1 is 1.58 bits per heavy atom. The Morgan fingerprint density at radius 3 is 3.00 bits per heavy atom. The summed E-state index contributed by atoms with van der Waals surface area (Å²) in [6.07, 6.45) is 2.92. The highest BCUT2D eigenvalue weighted by Crippen LogP contribution is 2.04. The molecule has 4 heteroatoms. The van der Waals surface area contributed by atoms with E-state index in [1.807, 2.05) is 29.7 Å². The number of rotatable bonds is 5. The Bertz CT molecular complexity index is 222. The van der Waals surface area contributed by atoms with Crippen LogP contribution in [-0.4, -0.2) is 27.8 Å². The summed E-state index contributed by atoms with van der Waals surface area (Å²) in [6.45, 7) is 0.774. The van der Waals surface area contributed by atoms with E-state index < -0.39 is 0 Å². The molecule has 68 valence electrons. The van der Waals surface area contributed by atoms with Crippen LogP contribution in [0.4, 0.5) is 0 Å². The summed E-state index contributed by atoms with van der Waals surface area (Å²) in [5.41, 5.74) is 6.67. The van der Waals surface area contributed by atoms with Crippen molar-refractivity contribution < 1.29 is 0 Å². The first-order valence-corrected chi connectivity index (χ1v) is 5.24. The van der Waals surface area contributed by atoms with Gasteiger partial charge >= 0.3 is 0 Å². The monoisotopic (exact) mass is 185 g/mol. The highest BCUT2D eigenvalue weighted by Gasteiger charge is 1.96. The highest BCUT2D eigenvalue weighted by molar-refractivity contribution is 7.99. The number of nitrogens with zero attached hydrogens (tertiary/aromatic N) is 2. The number of hydrogen-bond acceptors (Lipinski definition) is 3. The lowest BCUT2D eigenvalue weighted by Crippen LogP contribution is -2.04. The van der Waals surface area contributed by atoms with Gasteiger partial charge in [-0.25, -0.2) is 0 Å². The van der Waals surface area contributed by atoms with Crippen molar-refractivity contribution in [2.45, 2.75) is 6.42 Å². The Morgan fingerprint density at radius 2 is 2.42 bits per heavy atom. The van der Waals surface area contributed by atoms with Crippen molar-refractivity contribution >= 4 is 11.8 Å². The lowest BCUT2D eigenvalue weighted by Gasteiger charge is -2.00. The Kier molecular flexibility index (Phi) is 4.18. The third kappa shape index (κ3) is 2.87. The van der Waals surface area contributed by atoms with Crippen molar-refractivity contribution in [3.8, 4) is 0 Å². The second-order valence-corrected chi connectivity index (χ2v) is 3.82.